The van der Waals surface area contributed by atoms with E-state index in [9.17, 15) is 0 Å². The third-order valence-electron chi connectivity index (χ3n) is 4.48. The molecule has 0 radical (unpaired) electrons. The Bertz CT molecular complexity index is 1100. The number of aryl methyl sites for hydroxylation is 2. The summed E-state index contributed by atoms with van der Waals surface area (Å²) in [5.74, 6) is 2.36. The Kier molecular flexibility index (Phi) is 4.95. The Balaban J connectivity index is 1.67. The SMILES string of the molecule is CCn1c(-c2ccc(C)cc2)nnc1C(S)c1noc(-c2ccnc(C)c2)n1. The van der Waals surface area contributed by atoms with Gasteiger partial charge in [0.05, 0.1) is 0 Å². The molecule has 0 aliphatic rings. The molecule has 0 amide bonds. The minimum atomic E-state index is -0.452. The van der Waals surface area contributed by atoms with Gasteiger partial charge >= 0.3 is 0 Å². The van der Waals surface area contributed by atoms with Crippen molar-refractivity contribution in [2.24, 2.45) is 0 Å². The third kappa shape index (κ3) is 3.43. The molecule has 0 aliphatic heterocycles. The molecule has 1 unspecified atom stereocenters. The number of thiol groups is 1. The van der Waals surface area contributed by atoms with Crippen LogP contribution >= 0.6 is 12.6 Å². The van der Waals surface area contributed by atoms with E-state index >= 15 is 0 Å². The van der Waals surface area contributed by atoms with Crippen molar-refractivity contribution in [3.8, 4) is 22.8 Å². The van der Waals surface area contributed by atoms with Gasteiger partial charge < -0.3 is 9.09 Å². The van der Waals surface area contributed by atoms with Gasteiger partial charge in [0.25, 0.3) is 5.89 Å². The first-order chi connectivity index (χ1) is 13.6. The predicted molar refractivity (Wildman–Crippen MR) is 109 cm³/mol. The van der Waals surface area contributed by atoms with E-state index < -0.39 is 5.25 Å². The van der Waals surface area contributed by atoms with Gasteiger partial charge in [-0.1, -0.05) is 35.0 Å². The molecule has 142 valence electrons. The number of nitrogens with zero attached hydrogens (tertiary/aromatic N) is 6. The molecule has 0 bridgehead atoms. The molecule has 0 saturated heterocycles. The molecule has 0 saturated carbocycles. The van der Waals surface area contributed by atoms with Gasteiger partial charge in [0.15, 0.2) is 17.5 Å². The summed E-state index contributed by atoms with van der Waals surface area (Å²) in [6.45, 7) is 6.73. The van der Waals surface area contributed by atoms with Crippen molar-refractivity contribution in [3.05, 3.63) is 65.5 Å². The van der Waals surface area contributed by atoms with Gasteiger partial charge in [-0.05, 0) is 32.9 Å². The second-order valence-corrected chi connectivity index (χ2v) is 7.05. The van der Waals surface area contributed by atoms with E-state index in [1.54, 1.807) is 6.20 Å². The van der Waals surface area contributed by atoms with Crippen LogP contribution in [0.3, 0.4) is 0 Å². The lowest BCUT2D eigenvalue weighted by atomic mass is 10.1. The fourth-order valence-electron chi connectivity index (χ4n) is 3.00. The van der Waals surface area contributed by atoms with Gasteiger partial charge in [0.1, 0.15) is 5.25 Å². The van der Waals surface area contributed by atoms with E-state index in [1.807, 2.05) is 42.7 Å². The highest BCUT2D eigenvalue weighted by atomic mass is 32.1. The standard InChI is InChI=1S/C20H20N6OS/c1-4-26-18(14-7-5-12(2)6-8-14)23-24-19(26)16(28)17-22-20(27-25-17)15-9-10-21-13(3)11-15/h5-11,16,28H,4H2,1-3H3. The molecule has 28 heavy (non-hydrogen) atoms. The molecule has 1 atom stereocenters. The largest absolute Gasteiger partial charge is 0.334 e. The summed E-state index contributed by atoms with van der Waals surface area (Å²) in [6.07, 6.45) is 1.72. The number of hydrogen-bond acceptors (Lipinski definition) is 7. The van der Waals surface area contributed by atoms with Crippen LogP contribution in [0.4, 0.5) is 0 Å². The molecular weight excluding hydrogens is 372 g/mol. The van der Waals surface area contributed by atoms with Crippen LogP contribution in [0.15, 0.2) is 47.1 Å². The number of benzene rings is 1. The van der Waals surface area contributed by atoms with Crippen molar-refractivity contribution in [1.29, 1.82) is 0 Å². The van der Waals surface area contributed by atoms with Gasteiger partial charge in [0, 0.05) is 29.6 Å². The molecule has 4 rings (SSSR count). The summed E-state index contributed by atoms with van der Waals surface area (Å²) in [5, 5.41) is 12.4. The lowest BCUT2D eigenvalue weighted by molar-refractivity contribution is 0.422. The van der Waals surface area contributed by atoms with Gasteiger partial charge in [-0.15, -0.1) is 10.2 Å². The summed E-state index contributed by atoms with van der Waals surface area (Å²) in [7, 11) is 0. The Morgan fingerprint density at radius 2 is 1.86 bits per heavy atom. The smallest absolute Gasteiger partial charge is 0.258 e. The van der Waals surface area contributed by atoms with Crippen molar-refractivity contribution in [3.63, 3.8) is 0 Å². The maximum atomic E-state index is 5.43. The fraction of sp³-hybridized carbons (Fsp3) is 0.250. The zero-order valence-corrected chi connectivity index (χ0v) is 16.8. The third-order valence-corrected chi connectivity index (χ3v) is 4.94. The summed E-state index contributed by atoms with van der Waals surface area (Å²) < 4.78 is 7.45. The van der Waals surface area contributed by atoms with Crippen molar-refractivity contribution < 1.29 is 4.52 Å². The van der Waals surface area contributed by atoms with Crippen molar-refractivity contribution in [2.45, 2.75) is 32.6 Å². The molecule has 0 spiro atoms. The first-order valence-electron chi connectivity index (χ1n) is 9.01. The zero-order valence-electron chi connectivity index (χ0n) is 15.9. The maximum absolute atomic E-state index is 5.43. The van der Waals surface area contributed by atoms with Gasteiger partial charge in [-0.2, -0.15) is 17.6 Å². The molecular formula is C20H20N6OS. The second kappa shape index (κ2) is 7.55. The molecule has 4 aromatic rings. The average molecular weight is 392 g/mol. The van der Waals surface area contributed by atoms with Gasteiger partial charge in [-0.25, -0.2) is 0 Å². The first kappa shape index (κ1) is 18.4. The highest BCUT2D eigenvalue weighted by molar-refractivity contribution is 7.80. The van der Waals surface area contributed by atoms with E-state index in [4.69, 9.17) is 17.2 Å². The zero-order chi connectivity index (χ0) is 19.7. The number of pyridine rings is 1. The molecule has 0 fully saturated rings. The molecule has 0 N–H and O–H groups in total. The van der Waals surface area contributed by atoms with Crippen LogP contribution in [-0.2, 0) is 6.54 Å². The molecule has 3 aromatic heterocycles. The molecule has 3 heterocycles. The summed E-state index contributed by atoms with van der Waals surface area (Å²) in [5.41, 5.74) is 3.91. The van der Waals surface area contributed by atoms with E-state index in [1.165, 1.54) is 5.56 Å². The minimum absolute atomic E-state index is 0.431. The van der Waals surface area contributed by atoms with Crippen LogP contribution in [0.1, 0.15) is 35.1 Å². The van der Waals surface area contributed by atoms with E-state index in [2.05, 4.69) is 44.4 Å². The highest BCUT2D eigenvalue weighted by Crippen LogP contribution is 2.30. The molecule has 8 heteroatoms. The fourth-order valence-corrected chi connectivity index (χ4v) is 3.30. The molecule has 0 aliphatic carbocycles. The first-order valence-corrected chi connectivity index (χ1v) is 9.53. The molecule has 7 nitrogen and oxygen atoms in total. The van der Waals surface area contributed by atoms with Crippen LogP contribution in [0, 0.1) is 13.8 Å². The monoisotopic (exact) mass is 392 g/mol. The van der Waals surface area contributed by atoms with Crippen LogP contribution < -0.4 is 0 Å². The Labute approximate surface area is 168 Å². The number of rotatable bonds is 5. The maximum Gasteiger partial charge on any atom is 0.258 e. The Morgan fingerprint density at radius 1 is 1.07 bits per heavy atom. The average Bonchev–Trinajstić information content (AvgIpc) is 3.35. The van der Waals surface area contributed by atoms with Crippen molar-refractivity contribution in [1.82, 2.24) is 29.9 Å². The lowest BCUT2D eigenvalue weighted by Crippen LogP contribution is -2.08. The Morgan fingerprint density at radius 3 is 2.57 bits per heavy atom. The Hall–Kier alpha value is -3.00. The highest BCUT2D eigenvalue weighted by Gasteiger charge is 2.24. The van der Waals surface area contributed by atoms with Crippen LogP contribution in [-0.4, -0.2) is 29.9 Å². The quantitative estimate of drug-likeness (QED) is 0.516. The van der Waals surface area contributed by atoms with Gasteiger partial charge in [-0.3, -0.25) is 4.98 Å². The summed E-state index contributed by atoms with van der Waals surface area (Å²) >= 11 is 4.70. The van der Waals surface area contributed by atoms with Crippen molar-refractivity contribution in [2.75, 3.05) is 0 Å². The van der Waals surface area contributed by atoms with Crippen LogP contribution in [0.5, 0.6) is 0 Å². The van der Waals surface area contributed by atoms with Crippen molar-refractivity contribution >= 4 is 12.6 Å². The predicted octanol–water partition coefficient (Wildman–Crippen LogP) is 4.05. The second-order valence-electron chi connectivity index (χ2n) is 6.54. The summed E-state index contributed by atoms with van der Waals surface area (Å²) in [6, 6.07) is 11.9. The normalized spacial score (nSPS) is 12.3. The van der Waals surface area contributed by atoms with Crippen LogP contribution in [0.25, 0.3) is 22.8 Å². The van der Waals surface area contributed by atoms with E-state index in [0.29, 0.717) is 24.1 Å². The van der Waals surface area contributed by atoms with E-state index in [-0.39, 0.29) is 0 Å². The van der Waals surface area contributed by atoms with E-state index in [0.717, 1.165) is 22.6 Å². The van der Waals surface area contributed by atoms with Gasteiger partial charge in [0.2, 0.25) is 0 Å². The lowest BCUT2D eigenvalue weighted by Gasteiger charge is -2.10. The van der Waals surface area contributed by atoms with Crippen LogP contribution in [0.2, 0.25) is 0 Å². The topological polar surface area (TPSA) is 82.5 Å². The minimum Gasteiger partial charge on any atom is -0.334 e. The molecule has 1 aromatic carbocycles. The number of hydrogen-bond donors (Lipinski definition) is 1. The number of aromatic nitrogens is 6. The summed E-state index contributed by atoms with van der Waals surface area (Å²) in [4.78, 5) is 8.69.